The van der Waals surface area contributed by atoms with Crippen LogP contribution in [0.3, 0.4) is 0 Å². The zero-order valence-electron chi connectivity index (χ0n) is 12.9. The van der Waals surface area contributed by atoms with Crippen molar-refractivity contribution in [3.63, 3.8) is 0 Å². The van der Waals surface area contributed by atoms with Crippen LogP contribution in [0.5, 0.6) is 0 Å². The molecule has 0 aromatic carbocycles. The molecule has 1 atom stereocenters. The highest BCUT2D eigenvalue weighted by Gasteiger charge is 2.34. The molecule has 3 amide bonds. The first-order chi connectivity index (χ1) is 10.8. The third-order valence-corrected chi connectivity index (χ3v) is 2.16. The molecule has 10 nitrogen and oxygen atoms in total. The molecule has 134 valence electrons. The molecule has 1 unspecified atom stereocenters. The fourth-order valence-corrected chi connectivity index (χ4v) is 1.33. The third-order valence-electron chi connectivity index (χ3n) is 2.16. The Balaban J connectivity index is 5.08. The van der Waals surface area contributed by atoms with Crippen LogP contribution in [0.2, 0.25) is 0 Å². The highest BCUT2D eigenvalue weighted by molar-refractivity contribution is 5.72. The van der Waals surface area contributed by atoms with E-state index in [2.05, 4.69) is 14.2 Å². The minimum atomic E-state index is -2.12. The van der Waals surface area contributed by atoms with E-state index in [1.165, 1.54) is 20.8 Å². The zero-order valence-corrected chi connectivity index (χ0v) is 12.9. The van der Waals surface area contributed by atoms with E-state index in [9.17, 15) is 23.3 Å². The molecule has 0 radical (unpaired) electrons. The molecule has 0 aliphatic heterocycles. The Labute approximate surface area is 131 Å². The summed E-state index contributed by atoms with van der Waals surface area (Å²) in [6, 6.07) is 0. The second kappa shape index (κ2) is 11.2. The van der Waals surface area contributed by atoms with E-state index in [1.54, 1.807) is 5.32 Å². The molecule has 23 heavy (non-hydrogen) atoms. The van der Waals surface area contributed by atoms with Crippen LogP contribution in [0.1, 0.15) is 20.8 Å². The number of hydrogen-bond donors (Lipinski definition) is 3. The lowest BCUT2D eigenvalue weighted by molar-refractivity contribution is -0.201. The second-order valence-corrected chi connectivity index (χ2v) is 3.78. The Kier molecular flexibility index (Phi) is 10.1. The number of ether oxygens (including phenoxy) is 3. The Morgan fingerprint density at radius 3 is 1.48 bits per heavy atom. The molecule has 0 spiro atoms. The van der Waals surface area contributed by atoms with Crippen LogP contribution in [-0.4, -0.2) is 55.8 Å². The minimum Gasteiger partial charge on any atom is -0.450 e. The van der Waals surface area contributed by atoms with Gasteiger partial charge < -0.3 is 14.2 Å². The van der Waals surface area contributed by atoms with Crippen molar-refractivity contribution in [3.05, 3.63) is 0 Å². The molecule has 0 saturated carbocycles. The first kappa shape index (κ1) is 20.6. The predicted octanol–water partition coefficient (Wildman–Crippen LogP) is 0.948. The van der Waals surface area contributed by atoms with Gasteiger partial charge >= 0.3 is 18.3 Å². The molecular formula is C11H20F2N4O6. The second-order valence-electron chi connectivity index (χ2n) is 3.78. The molecule has 0 saturated heterocycles. The summed E-state index contributed by atoms with van der Waals surface area (Å²) in [5.41, 5.74) is 0. The Bertz CT molecular complexity index is 379. The van der Waals surface area contributed by atoms with Gasteiger partial charge in [-0.3, -0.25) is 16.0 Å². The summed E-state index contributed by atoms with van der Waals surface area (Å²) < 4.78 is 39.6. The summed E-state index contributed by atoms with van der Waals surface area (Å²) in [5.74, 6) is 0. The maximum absolute atomic E-state index is 13.0. The predicted molar refractivity (Wildman–Crippen MR) is 72.1 cm³/mol. The summed E-state index contributed by atoms with van der Waals surface area (Å²) in [7, 11) is 0. The lowest BCUT2D eigenvalue weighted by Crippen LogP contribution is -2.63. The third kappa shape index (κ3) is 8.60. The minimum absolute atomic E-state index is 0.0249. The van der Waals surface area contributed by atoms with Gasteiger partial charge in [0.05, 0.1) is 19.8 Å². The lowest BCUT2D eigenvalue weighted by Gasteiger charge is -2.27. The molecule has 0 fully saturated rings. The number of carbonyl (C=O) groups excluding carboxylic acids is 3. The standard InChI is InChI=1S/C11H20F2N4O6/c1-4-21-9(18)14-7(15-10(19)22-5-2)8(17(12)13)16-11(20)23-6-3/h7-8H,4-6H2,1-3H3,(H,14,18)(H,15,19)(H,16,20). The van der Waals surface area contributed by atoms with Crippen LogP contribution < -0.4 is 16.0 Å². The van der Waals surface area contributed by atoms with Gasteiger partial charge in [-0.25, -0.2) is 14.4 Å². The number of halogens is 2. The molecule has 0 aromatic heterocycles. The molecule has 0 aliphatic rings. The van der Waals surface area contributed by atoms with Crippen molar-refractivity contribution < 1.29 is 37.6 Å². The number of alkyl carbamates (subject to hydrolysis) is 3. The Morgan fingerprint density at radius 1 is 0.826 bits per heavy atom. The average molecular weight is 342 g/mol. The van der Waals surface area contributed by atoms with Gasteiger partial charge in [-0.15, -0.1) is 0 Å². The van der Waals surface area contributed by atoms with Gasteiger partial charge in [0, 0.05) is 5.34 Å². The van der Waals surface area contributed by atoms with Gasteiger partial charge in [-0.1, -0.05) is 8.96 Å². The van der Waals surface area contributed by atoms with Crippen LogP contribution >= 0.6 is 0 Å². The maximum atomic E-state index is 13.0. The van der Waals surface area contributed by atoms with Crippen LogP contribution in [0.15, 0.2) is 0 Å². The van der Waals surface area contributed by atoms with Gasteiger partial charge in [0.1, 0.15) is 6.17 Å². The van der Waals surface area contributed by atoms with E-state index < -0.39 is 36.0 Å². The topological polar surface area (TPSA) is 118 Å². The van der Waals surface area contributed by atoms with Crippen molar-refractivity contribution in [1.29, 1.82) is 0 Å². The van der Waals surface area contributed by atoms with Gasteiger partial charge in [-0.05, 0) is 20.8 Å². The maximum Gasteiger partial charge on any atom is 0.408 e. The fourth-order valence-electron chi connectivity index (χ4n) is 1.33. The van der Waals surface area contributed by atoms with Gasteiger partial charge in [-0.2, -0.15) is 0 Å². The van der Waals surface area contributed by atoms with Crippen molar-refractivity contribution in [2.24, 2.45) is 0 Å². The van der Waals surface area contributed by atoms with Gasteiger partial charge in [0.2, 0.25) is 0 Å². The fraction of sp³-hybridized carbons (Fsp3) is 0.727. The first-order valence-electron chi connectivity index (χ1n) is 6.76. The van der Waals surface area contributed by atoms with Crippen LogP contribution in [-0.2, 0) is 14.2 Å². The van der Waals surface area contributed by atoms with Crippen molar-refractivity contribution >= 4 is 18.3 Å². The average Bonchev–Trinajstić information content (AvgIpc) is 2.44. The summed E-state index contributed by atoms with van der Waals surface area (Å²) in [6.45, 7) is 4.36. The molecule has 0 aliphatic carbocycles. The molecule has 0 aromatic rings. The summed E-state index contributed by atoms with van der Waals surface area (Å²) in [6.07, 6.45) is -7.19. The van der Waals surface area contributed by atoms with Crippen LogP contribution in [0.25, 0.3) is 0 Å². The largest absolute Gasteiger partial charge is 0.450 e. The smallest absolute Gasteiger partial charge is 0.408 e. The molecule has 0 bridgehead atoms. The highest BCUT2D eigenvalue weighted by Crippen LogP contribution is 2.04. The van der Waals surface area contributed by atoms with Gasteiger partial charge in [0.15, 0.2) is 6.17 Å². The van der Waals surface area contributed by atoms with Crippen LogP contribution in [0.4, 0.5) is 23.3 Å². The van der Waals surface area contributed by atoms with E-state index in [4.69, 9.17) is 0 Å². The van der Waals surface area contributed by atoms with E-state index in [0.29, 0.717) is 0 Å². The molecule has 3 N–H and O–H groups in total. The molecule has 0 heterocycles. The highest BCUT2D eigenvalue weighted by atomic mass is 19.4. The van der Waals surface area contributed by atoms with Crippen molar-refractivity contribution in [2.75, 3.05) is 19.8 Å². The molecule has 12 heteroatoms. The van der Waals surface area contributed by atoms with E-state index in [0.717, 1.165) is 0 Å². The summed E-state index contributed by atoms with van der Waals surface area (Å²) >= 11 is 0. The van der Waals surface area contributed by atoms with Crippen molar-refractivity contribution in [1.82, 2.24) is 21.3 Å². The number of hydrogen-bond acceptors (Lipinski definition) is 7. The van der Waals surface area contributed by atoms with E-state index in [1.807, 2.05) is 10.6 Å². The van der Waals surface area contributed by atoms with Gasteiger partial charge in [0.25, 0.3) is 0 Å². The number of nitrogens with zero attached hydrogens (tertiary/aromatic N) is 1. The zero-order chi connectivity index (χ0) is 17.8. The molecular weight excluding hydrogens is 322 g/mol. The number of amides is 3. The normalized spacial score (nSPS) is 11.6. The van der Waals surface area contributed by atoms with E-state index in [-0.39, 0.29) is 19.8 Å². The molecule has 0 rings (SSSR count). The monoisotopic (exact) mass is 342 g/mol. The first-order valence-corrected chi connectivity index (χ1v) is 6.76. The quantitative estimate of drug-likeness (QED) is 0.341. The van der Waals surface area contributed by atoms with Crippen LogP contribution in [0, 0.1) is 0 Å². The Morgan fingerprint density at radius 2 is 1.17 bits per heavy atom. The number of rotatable bonds is 8. The summed E-state index contributed by atoms with van der Waals surface area (Å²) in [5, 5.41) is 4.31. The Hall–Kier alpha value is -2.37. The van der Waals surface area contributed by atoms with E-state index >= 15 is 0 Å². The van der Waals surface area contributed by atoms with Crippen molar-refractivity contribution in [2.45, 2.75) is 33.1 Å². The SMILES string of the molecule is CCOC(=O)NC(NC(=O)OCC)C(NC(=O)OCC)N(F)F. The van der Waals surface area contributed by atoms with Crippen molar-refractivity contribution in [3.8, 4) is 0 Å². The summed E-state index contributed by atoms with van der Waals surface area (Å²) in [4.78, 5) is 34.1. The number of nitrogens with one attached hydrogen (secondary N) is 3. The number of carbonyl (C=O) groups is 3. The lowest BCUT2D eigenvalue weighted by atomic mass is 10.4.